The van der Waals surface area contributed by atoms with Crippen molar-refractivity contribution in [1.29, 1.82) is 0 Å². The number of carbonyl (C=O) groups is 1. The van der Waals surface area contributed by atoms with Gasteiger partial charge < -0.3 is 5.11 Å². The van der Waals surface area contributed by atoms with Crippen molar-refractivity contribution in [1.82, 2.24) is 9.97 Å². The molecule has 0 aliphatic carbocycles. The lowest BCUT2D eigenvalue weighted by Gasteiger charge is -2.09. The maximum absolute atomic E-state index is 10.8. The number of carboxylic acids is 1. The highest BCUT2D eigenvalue weighted by atomic mass is 79.9. The lowest BCUT2D eigenvalue weighted by atomic mass is 10.1. The number of fused-ring (bicyclic) bond motifs is 1. The Labute approximate surface area is 130 Å². The summed E-state index contributed by atoms with van der Waals surface area (Å²) in [6, 6.07) is 5.77. The van der Waals surface area contributed by atoms with Crippen LogP contribution >= 0.6 is 27.7 Å². The monoisotopic (exact) mass is 354 g/mol. The number of nitrogens with zero attached hydrogens (tertiary/aromatic N) is 2. The molecule has 0 fully saturated rings. The smallest absolute Gasteiger partial charge is 0.313 e. The molecular formula is C14H15BrN2O2S. The second-order valence-electron chi connectivity index (χ2n) is 4.89. The quantitative estimate of drug-likeness (QED) is 0.653. The molecule has 1 aromatic carbocycles. The van der Waals surface area contributed by atoms with Gasteiger partial charge in [0, 0.05) is 16.3 Å². The maximum Gasteiger partial charge on any atom is 0.313 e. The van der Waals surface area contributed by atoms with Crippen LogP contribution in [0.2, 0.25) is 0 Å². The summed E-state index contributed by atoms with van der Waals surface area (Å²) < 4.78 is 0.952. The molecule has 0 amide bonds. The van der Waals surface area contributed by atoms with E-state index in [2.05, 4.69) is 39.7 Å². The molecule has 4 nitrogen and oxygen atoms in total. The van der Waals surface area contributed by atoms with Crippen LogP contribution in [0.25, 0.3) is 10.9 Å². The molecule has 0 radical (unpaired) electrons. The fourth-order valence-electron chi connectivity index (χ4n) is 1.82. The fourth-order valence-corrected chi connectivity index (χ4v) is 2.92. The van der Waals surface area contributed by atoms with E-state index in [0.29, 0.717) is 5.92 Å². The van der Waals surface area contributed by atoms with Crippen LogP contribution in [-0.4, -0.2) is 26.8 Å². The molecule has 0 unspecified atom stereocenters. The van der Waals surface area contributed by atoms with E-state index in [0.717, 1.165) is 32.6 Å². The molecule has 1 heterocycles. The van der Waals surface area contributed by atoms with E-state index in [9.17, 15) is 4.79 Å². The minimum absolute atomic E-state index is 0.00327. The zero-order valence-electron chi connectivity index (χ0n) is 11.3. The fraction of sp³-hybridized carbons (Fsp3) is 0.357. The van der Waals surface area contributed by atoms with Gasteiger partial charge in [0.1, 0.15) is 10.9 Å². The molecule has 0 saturated carbocycles. The van der Waals surface area contributed by atoms with Gasteiger partial charge in [-0.3, -0.25) is 4.79 Å². The molecule has 2 rings (SSSR count). The Balaban J connectivity index is 2.47. The number of aliphatic carboxylic acids is 1. The molecule has 6 heteroatoms. The molecule has 1 N–H and O–H groups in total. The van der Waals surface area contributed by atoms with Crippen LogP contribution in [0.4, 0.5) is 0 Å². The van der Waals surface area contributed by atoms with Gasteiger partial charge in [-0.15, -0.1) is 0 Å². The summed E-state index contributed by atoms with van der Waals surface area (Å²) in [7, 11) is 0. The number of hydrogen-bond donors (Lipinski definition) is 1. The van der Waals surface area contributed by atoms with Crippen molar-refractivity contribution in [3.05, 3.63) is 28.5 Å². The minimum atomic E-state index is -0.843. The topological polar surface area (TPSA) is 63.1 Å². The van der Waals surface area contributed by atoms with Crippen LogP contribution in [0.15, 0.2) is 27.7 Å². The summed E-state index contributed by atoms with van der Waals surface area (Å²) in [5.41, 5.74) is 0.845. The standard InChI is InChI=1S/C14H15BrN2O2S/c1-8(2)5-12-16-11-6-9(15)3-4-10(11)14(17-12)20-7-13(18)19/h3-4,6,8H,5,7H2,1-2H3,(H,18,19). The number of halogens is 1. The van der Waals surface area contributed by atoms with Gasteiger partial charge in [0.25, 0.3) is 0 Å². The van der Waals surface area contributed by atoms with Crippen LogP contribution in [0, 0.1) is 5.92 Å². The number of rotatable bonds is 5. The predicted octanol–water partition coefficient (Wildman–Crippen LogP) is 3.77. The van der Waals surface area contributed by atoms with E-state index in [1.165, 1.54) is 11.8 Å². The first-order valence-corrected chi connectivity index (χ1v) is 8.04. The number of aromatic nitrogens is 2. The Hall–Kier alpha value is -1.14. The Morgan fingerprint density at radius 3 is 2.80 bits per heavy atom. The van der Waals surface area contributed by atoms with Gasteiger partial charge in [-0.25, -0.2) is 9.97 Å². The normalized spacial score (nSPS) is 11.2. The number of hydrogen-bond acceptors (Lipinski definition) is 4. The molecule has 0 aliphatic heterocycles. The zero-order chi connectivity index (χ0) is 14.7. The van der Waals surface area contributed by atoms with E-state index in [4.69, 9.17) is 5.11 Å². The summed E-state index contributed by atoms with van der Waals surface area (Å²) in [6.45, 7) is 4.22. The van der Waals surface area contributed by atoms with Crippen molar-refractivity contribution in [3.63, 3.8) is 0 Å². The van der Waals surface area contributed by atoms with Gasteiger partial charge in [-0.1, -0.05) is 41.5 Å². The zero-order valence-corrected chi connectivity index (χ0v) is 13.7. The van der Waals surface area contributed by atoms with Gasteiger partial charge in [0.05, 0.1) is 11.3 Å². The molecule has 1 aromatic heterocycles. The van der Waals surface area contributed by atoms with Gasteiger partial charge in [-0.2, -0.15) is 0 Å². The Morgan fingerprint density at radius 1 is 1.40 bits per heavy atom. The van der Waals surface area contributed by atoms with Gasteiger partial charge in [-0.05, 0) is 24.1 Å². The van der Waals surface area contributed by atoms with Crippen molar-refractivity contribution < 1.29 is 9.90 Å². The second-order valence-corrected chi connectivity index (χ2v) is 6.77. The molecule has 106 valence electrons. The van der Waals surface area contributed by atoms with E-state index < -0.39 is 5.97 Å². The van der Waals surface area contributed by atoms with Gasteiger partial charge in [0.15, 0.2) is 0 Å². The SMILES string of the molecule is CC(C)Cc1nc(SCC(=O)O)c2ccc(Br)cc2n1. The van der Waals surface area contributed by atoms with Crippen LogP contribution < -0.4 is 0 Å². The Kier molecular flexibility index (Phi) is 4.99. The summed E-state index contributed by atoms with van der Waals surface area (Å²) in [5.74, 6) is 0.378. The lowest BCUT2D eigenvalue weighted by Crippen LogP contribution is -2.04. The predicted molar refractivity (Wildman–Crippen MR) is 84.1 cm³/mol. The summed E-state index contributed by atoms with van der Waals surface area (Å²) in [6.07, 6.45) is 0.781. The number of benzene rings is 1. The summed E-state index contributed by atoms with van der Waals surface area (Å²) in [4.78, 5) is 19.8. The molecule has 0 saturated heterocycles. The lowest BCUT2D eigenvalue weighted by molar-refractivity contribution is -0.133. The summed E-state index contributed by atoms with van der Waals surface area (Å²) in [5, 5.41) is 10.5. The Morgan fingerprint density at radius 2 is 2.15 bits per heavy atom. The largest absolute Gasteiger partial charge is 0.481 e. The van der Waals surface area contributed by atoms with E-state index in [1.807, 2.05) is 18.2 Å². The van der Waals surface area contributed by atoms with Crippen molar-refractivity contribution in [3.8, 4) is 0 Å². The average molecular weight is 355 g/mol. The van der Waals surface area contributed by atoms with Crippen LogP contribution in [-0.2, 0) is 11.2 Å². The third-order valence-corrected chi connectivity index (χ3v) is 4.06. The number of carboxylic acid groups (broad SMARTS) is 1. The van der Waals surface area contributed by atoms with Crippen molar-refractivity contribution in [2.45, 2.75) is 25.3 Å². The highest BCUT2D eigenvalue weighted by Gasteiger charge is 2.11. The second kappa shape index (κ2) is 6.54. The van der Waals surface area contributed by atoms with Crippen molar-refractivity contribution >= 4 is 44.6 Å². The highest BCUT2D eigenvalue weighted by molar-refractivity contribution is 9.10. The van der Waals surface area contributed by atoms with Crippen molar-refractivity contribution in [2.24, 2.45) is 5.92 Å². The van der Waals surface area contributed by atoms with Crippen molar-refractivity contribution in [2.75, 3.05) is 5.75 Å². The van der Waals surface area contributed by atoms with Crippen LogP contribution in [0.1, 0.15) is 19.7 Å². The molecular weight excluding hydrogens is 340 g/mol. The molecule has 0 spiro atoms. The average Bonchev–Trinajstić information content (AvgIpc) is 2.34. The van der Waals surface area contributed by atoms with Gasteiger partial charge in [0.2, 0.25) is 0 Å². The molecule has 0 atom stereocenters. The molecule has 0 aliphatic rings. The highest BCUT2D eigenvalue weighted by Crippen LogP contribution is 2.28. The first kappa shape index (κ1) is 15.3. The molecule has 20 heavy (non-hydrogen) atoms. The summed E-state index contributed by atoms with van der Waals surface area (Å²) >= 11 is 4.67. The number of thioether (sulfide) groups is 1. The van der Waals surface area contributed by atoms with E-state index in [-0.39, 0.29) is 5.75 Å². The Bertz CT molecular complexity index is 646. The van der Waals surface area contributed by atoms with E-state index >= 15 is 0 Å². The molecule has 2 aromatic rings. The third-order valence-electron chi connectivity index (χ3n) is 2.59. The van der Waals surface area contributed by atoms with E-state index in [1.54, 1.807) is 0 Å². The van der Waals surface area contributed by atoms with Gasteiger partial charge >= 0.3 is 5.97 Å². The molecule has 0 bridgehead atoms. The van der Waals surface area contributed by atoms with Crippen LogP contribution in [0.3, 0.4) is 0 Å². The van der Waals surface area contributed by atoms with Crippen LogP contribution in [0.5, 0.6) is 0 Å². The maximum atomic E-state index is 10.8. The first-order valence-electron chi connectivity index (χ1n) is 6.26. The third kappa shape index (κ3) is 3.93. The first-order chi connectivity index (χ1) is 9.45. The minimum Gasteiger partial charge on any atom is -0.481 e.